The lowest BCUT2D eigenvalue weighted by atomic mass is 9.95. The van der Waals surface area contributed by atoms with Gasteiger partial charge in [-0.15, -0.1) is 0 Å². The molecule has 1 aromatic carbocycles. The van der Waals surface area contributed by atoms with Gasteiger partial charge in [0, 0.05) is 55.6 Å². The lowest BCUT2D eigenvalue weighted by Gasteiger charge is -2.45. The number of piperazine rings is 1. The quantitative estimate of drug-likeness (QED) is 0.530. The first-order chi connectivity index (χ1) is 17.8. The molecule has 9 heteroatoms. The maximum absolute atomic E-state index is 13.0. The van der Waals surface area contributed by atoms with Crippen LogP contribution >= 0.6 is 11.6 Å². The van der Waals surface area contributed by atoms with Crippen LogP contribution in [0.2, 0.25) is 5.02 Å². The second-order valence-electron chi connectivity index (χ2n) is 10.7. The van der Waals surface area contributed by atoms with E-state index >= 15 is 0 Å². The largest absolute Gasteiger partial charge is 0.389 e. The van der Waals surface area contributed by atoms with Crippen LogP contribution in [0.1, 0.15) is 25.5 Å². The van der Waals surface area contributed by atoms with E-state index in [-0.39, 0.29) is 29.2 Å². The molecular formula is C28H32ClN5O3. The summed E-state index contributed by atoms with van der Waals surface area (Å²) in [6, 6.07) is 11.8. The van der Waals surface area contributed by atoms with E-state index in [1.54, 1.807) is 12.4 Å². The fourth-order valence-corrected chi connectivity index (χ4v) is 6.27. The number of carbonyl (C=O) groups is 1. The van der Waals surface area contributed by atoms with Crippen LogP contribution in [0.25, 0.3) is 10.8 Å². The number of aliphatic hydroxyl groups excluding tert-OH is 1. The maximum Gasteiger partial charge on any atom is 0.229 e. The van der Waals surface area contributed by atoms with E-state index in [1.165, 1.54) is 0 Å². The fourth-order valence-electron chi connectivity index (χ4n) is 5.98. The van der Waals surface area contributed by atoms with E-state index in [9.17, 15) is 9.90 Å². The zero-order valence-corrected chi connectivity index (χ0v) is 21.9. The molecule has 4 heterocycles. The number of rotatable bonds is 5. The fraction of sp³-hybridized carbons (Fsp3) is 0.464. The van der Waals surface area contributed by atoms with Gasteiger partial charge < -0.3 is 20.1 Å². The van der Waals surface area contributed by atoms with Crippen LogP contribution in [0.5, 0.6) is 0 Å². The van der Waals surface area contributed by atoms with E-state index in [1.807, 2.05) is 30.3 Å². The highest BCUT2D eigenvalue weighted by atomic mass is 35.5. The van der Waals surface area contributed by atoms with Gasteiger partial charge in [0.2, 0.25) is 5.91 Å². The zero-order chi connectivity index (χ0) is 25.7. The summed E-state index contributed by atoms with van der Waals surface area (Å²) < 4.78 is 5.53. The Bertz CT molecular complexity index is 1320. The Hall–Kier alpha value is -2.78. The van der Waals surface area contributed by atoms with Crippen molar-refractivity contribution >= 4 is 39.8 Å². The van der Waals surface area contributed by atoms with Gasteiger partial charge in [0.15, 0.2) is 0 Å². The van der Waals surface area contributed by atoms with Crippen molar-refractivity contribution in [2.24, 2.45) is 11.8 Å². The smallest absolute Gasteiger partial charge is 0.229 e. The molecule has 0 unspecified atom stereocenters. The number of ether oxygens (including phenoxy) is 1. The second kappa shape index (κ2) is 9.51. The van der Waals surface area contributed by atoms with Crippen molar-refractivity contribution in [1.29, 1.82) is 0 Å². The third kappa shape index (κ3) is 4.46. The summed E-state index contributed by atoms with van der Waals surface area (Å²) in [5.74, 6) is 0.808. The lowest BCUT2D eigenvalue weighted by Crippen LogP contribution is -2.60. The summed E-state index contributed by atoms with van der Waals surface area (Å²) in [5, 5.41) is 16.0. The van der Waals surface area contributed by atoms with Gasteiger partial charge in [0.05, 0.1) is 41.5 Å². The Labute approximate surface area is 221 Å². The van der Waals surface area contributed by atoms with Crippen LogP contribution in [-0.4, -0.2) is 76.9 Å². The first-order valence-electron chi connectivity index (χ1n) is 12.9. The highest BCUT2D eigenvalue weighted by molar-refractivity contribution is 6.34. The third-order valence-electron chi connectivity index (χ3n) is 8.48. The van der Waals surface area contributed by atoms with Gasteiger partial charge in [-0.05, 0) is 48.6 Å². The molecule has 1 aliphatic carbocycles. The molecule has 37 heavy (non-hydrogen) atoms. The number of benzene rings is 1. The predicted molar refractivity (Wildman–Crippen MR) is 144 cm³/mol. The Morgan fingerprint density at radius 1 is 1.16 bits per heavy atom. The normalized spacial score (nSPS) is 30.0. The standard InChI is InChI=1S/C28H32ClN5O3/c1-17-25(21-5-3-4-6-30-21)26(17)27(36)32-24-13-18-12-22(20(29)11-19(18)14-31-24)33-7-9-34(10-8-33)28(2)16-37-15-23(28)35/h3-6,11-14,17,23,25-26,35H,7-10,15-16H2,1-2H3,(H,31,32,36)/t17-,23-,25-,26+,28+/m1/s1. The summed E-state index contributed by atoms with van der Waals surface area (Å²) >= 11 is 6.70. The molecule has 8 nitrogen and oxygen atoms in total. The number of anilines is 2. The number of nitrogens with one attached hydrogen (secondary N) is 1. The Kier molecular flexibility index (Phi) is 6.31. The van der Waals surface area contributed by atoms with Crippen LogP contribution in [-0.2, 0) is 9.53 Å². The first kappa shape index (κ1) is 24.6. The summed E-state index contributed by atoms with van der Waals surface area (Å²) in [6.45, 7) is 8.35. The number of pyridine rings is 2. The molecule has 0 spiro atoms. The van der Waals surface area contributed by atoms with Crippen molar-refractivity contribution in [1.82, 2.24) is 14.9 Å². The number of carbonyl (C=O) groups excluding carboxylic acids is 1. The van der Waals surface area contributed by atoms with E-state index in [0.717, 1.165) is 48.3 Å². The summed E-state index contributed by atoms with van der Waals surface area (Å²) in [5.41, 5.74) is 1.59. The number of aliphatic hydroxyl groups is 1. The van der Waals surface area contributed by atoms with E-state index in [4.69, 9.17) is 16.3 Å². The van der Waals surface area contributed by atoms with Gasteiger partial charge in [0.25, 0.3) is 0 Å². The minimum absolute atomic E-state index is 0.0214. The number of hydrogen-bond donors (Lipinski definition) is 2. The van der Waals surface area contributed by atoms with Crippen molar-refractivity contribution in [3.8, 4) is 0 Å². The highest BCUT2D eigenvalue weighted by Crippen LogP contribution is 2.53. The number of nitrogens with zero attached hydrogens (tertiary/aromatic N) is 4. The average Bonchev–Trinajstić information content (AvgIpc) is 3.47. The maximum atomic E-state index is 13.0. The zero-order valence-electron chi connectivity index (χ0n) is 21.1. The van der Waals surface area contributed by atoms with Crippen molar-refractivity contribution in [2.45, 2.75) is 31.4 Å². The molecular weight excluding hydrogens is 490 g/mol. The van der Waals surface area contributed by atoms with Crippen molar-refractivity contribution in [3.05, 3.63) is 59.5 Å². The lowest BCUT2D eigenvalue weighted by molar-refractivity contribution is -0.117. The molecule has 3 aliphatic rings. The minimum Gasteiger partial charge on any atom is -0.389 e. The predicted octanol–water partition coefficient (Wildman–Crippen LogP) is 3.54. The SMILES string of the molecule is C[C@H]1[C@H](C(=O)Nc2cc3cc(N4CCN([C@@]5(C)COC[C@H]5O)CC4)c(Cl)cc3cn2)[C@H]1c1ccccn1. The van der Waals surface area contributed by atoms with E-state index < -0.39 is 6.10 Å². The Balaban J connectivity index is 1.16. The van der Waals surface area contributed by atoms with Crippen molar-refractivity contribution < 1.29 is 14.6 Å². The summed E-state index contributed by atoms with van der Waals surface area (Å²) in [6.07, 6.45) is 3.06. The van der Waals surface area contributed by atoms with Crippen LogP contribution in [0.15, 0.2) is 48.8 Å². The van der Waals surface area contributed by atoms with Gasteiger partial charge in [-0.2, -0.15) is 0 Å². The van der Waals surface area contributed by atoms with Gasteiger partial charge in [0.1, 0.15) is 5.82 Å². The topological polar surface area (TPSA) is 90.8 Å². The molecule has 5 atom stereocenters. The first-order valence-corrected chi connectivity index (χ1v) is 13.3. The molecule has 2 aliphatic heterocycles. The van der Waals surface area contributed by atoms with Crippen molar-refractivity contribution in [2.75, 3.05) is 49.6 Å². The molecule has 3 aromatic rings. The number of aromatic nitrogens is 2. The number of halogens is 1. The molecule has 6 rings (SSSR count). The molecule has 0 bridgehead atoms. The molecule has 2 aromatic heterocycles. The Morgan fingerprint density at radius 3 is 2.68 bits per heavy atom. The Morgan fingerprint density at radius 2 is 1.97 bits per heavy atom. The van der Waals surface area contributed by atoms with Crippen LogP contribution in [0, 0.1) is 11.8 Å². The number of fused-ring (bicyclic) bond motifs is 1. The number of amides is 1. The second-order valence-corrected chi connectivity index (χ2v) is 11.1. The van der Waals surface area contributed by atoms with Crippen LogP contribution in [0.4, 0.5) is 11.5 Å². The van der Waals surface area contributed by atoms with E-state index in [0.29, 0.717) is 24.1 Å². The molecule has 1 amide bonds. The molecule has 1 saturated carbocycles. The van der Waals surface area contributed by atoms with Gasteiger partial charge in [-0.1, -0.05) is 24.6 Å². The molecule has 194 valence electrons. The third-order valence-corrected chi connectivity index (χ3v) is 8.78. The molecule has 2 N–H and O–H groups in total. The number of hydrogen-bond acceptors (Lipinski definition) is 7. The average molecular weight is 522 g/mol. The van der Waals surface area contributed by atoms with Crippen LogP contribution < -0.4 is 10.2 Å². The van der Waals surface area contributed by atoms with E-state index in [2.05, 4.69) is 45.0 Å². The molecule has 3 fully saturated rings. The summed E-state index contributed by atoms with van der Waals surface area (Å²) in [4.78, 5) is 26.5. The van der Waals surface area contributed by atoms with Gasteiger partial charge >= 0.3 is 0 Å². The minimum atomic E-state index is -0.470. The monoisotopic (exact) mass is 521 g/mol. The van der Waals surface area contributed by atoms with Gasteiger partial charge in [-0.3, -0.25) is 14.7 Å². The van der Waals surface area contributed by atoms with Crippen molar-refractivity contribution in [3.63, 3.8) is 0 Å². The van der Waals surface area contributed by atoms with Crippen LogP contribution in [0.3, 0.4) is 0 Å². The van der Waals surface area contributed by atoms with Gasteiger partial charge in [-0.25, -0.2) is 4.98 Å². The highest BCUT2D eigenvalue weighted by Gasteiger charge is 2.53. The molecule has 0 radical (unpaired) electrons. The molecule has 2 saturated heterocycles. The summed E-state index contributed by atoms with van der Waals surface area (Å²) in [7, 11) is 0.